The van der Waals surface area contributed by atoms with Crippen molar-refractivity contribution < 1.29 is 5.11 Å². The van der Waals surface area contributed by atoms with E-state index in [1.165, 1.54) is 5.69 Å². The van der Waals surface area contributed by atoms with Gasteiger partial charge in [0.15, 0.2) is 0 Å². The topological polar surface area (TPSA) is 35.5 Å². The van der Waals surface area contributed by atoms with Crippen LogP contribution in [0.25, 0.3) is 0 Å². The summed E-state index contributed by atoms with van der Waals surface area (Å²) in [6.07, 6.45) is -0.393. The summed E-state index contributed by atoms with van der Waals surface area (Å²) in [5.41, 5.74) is 2.20. The van der Waals surface area contributed by atoms with E-state index in [0.29, 0.717) is 0 Å². The first-order valence-corrected chi connectivity index (χ1v) is 5.51. The molecule has 1 unspecified atom stereocenters. The number of aliphatic hydroxyl groups is 1. The minimum atomic E-state index is -0.393. The van der Waals surface area contributed by atoms with Crippen molar-refractivity contribution in [3.8, 4) is 0 Å². The lowest BCUT2D eigenvalue weighted by Crippen LogP contribution is -2.43. The first kappa shape index (κ1) is 10.5. The van der Waals surface area contributed by atoms with Crippen LogP contribution in [0.15, 0.2) is 24.3 Å². The van der Waals surface area contributed by atoms with Crippen LogP contribution < -0.4 is 10.2 Å². The van der Waals surface area contributed by atoms with Crippen LogP contribution in [-0.4, -0.2) is 31.3 Å². The summed E-state index contributed by atoms with van der Waals surface area (Å²) in [6, 6.07) is 8.10. The van der Waals surface area contributed by atoms with Gasteiger partial charge in [-0.1, -0.05) is 18.2 Å². The third kappa shape index (κ3) is 2.30. The van der Waals surface area contributed by atoms with Gasteiger partial charge in [0.2, 0.25) is 0 Å². The zero-order chi connectivity index (χ0) is 10.7. The van der Waals surface area contributed by atoms with E-state index < -0.39 is 6.10 Å². The Morgan fingerprint density at radius 1 is 1.27 bits per heavy atom. The summed E-state index contributed by atoms with van der Waals surface area (Å²) in [6.45, 7) is 5.90. The van der Waals surface area contributed by atoms with Crippen LogP contribution in [0.2, 0.25) is 0 Å². The first-order valence-electron chi connectivity index (χ1n) is 5.51. The van der Waals surface area contributed by atoms with Crippen molar-refractivity contribution in [2.75, 3.05) is 31.1 Å². The van der Waals surface area contributed by atoms with Gasteiger partial charge in [0.25, 0.3) is 0 Å². The summed E-state index contributed by atoms with van der Waals surface area (Å²) < 4.78 is 0. The molecule has 3 nitrogen and oxygen atoms in total. The zero-order valence-corrected chi connectivity index (χ0v) is 9.11. The molecule has 3 heteroatoms. The number of rotatable bonds is 2. The molecule has 1 aromatic carbocycles. The van der Waals surface area contributed by atoms with Crippen molar-refractivity contribution in [2.45, 2.75) is 13.0 Å². The van der Waals surface area contributed by atoms with Gasteiger partial charge in [-0.05, 0) is 13.0 Å². The number of anilines is 1. The molecule has 1 fully saturated rings. The molecule has 1 saturated heterocycles. The minimum Gasteiger partial charge on any atom is -0.389 e. The molecule has 0 amide bonds. The third-order valence-electron chi connectivity index (χ3n) is 2.84. The Balaban J connectivity index is 2.25. The van der Waals surface area contributed by atoms with E-state index in [9.17, 15) is 5.11 Å². The molecule has 0 spiro atoms. The lowest BCUT2D eigenvalue weighted by atomic mass is 10.1. The van der Waals surface area contributed by atoms with Gasteiger partial charge in [-0.2, -0.15) is 0 Å². The van der Waals surface area contributed by atoms with E-state index >= 15 is 0 Å². The fourth-order valence-electron chi connectivity index (χ4n) is 2.03. The number of benzene rings is 1. The Morgan fingerprint density at radius 2 is 1.93 bits per heavy atom. The Kier molecular flexibility index (Phi) is 3.23. The van der Waals surface area contributed by atoms with Crippen molar-refractivity contribution in [2.24, 2.45) is 0 Å². The average Bonchev–Trinajstić information content (AvgIpc) is 2.30. The molecule has 82 valence electrons. The smallest absolute Gasteiger partial charge is 0.0781 e. The van der Waals surface area contributed by atoms with E-state index in [-0.39, 0.29) is 0 Å². The van der Waals surface area contributed by atoms with Crippen molar-refractivity contribution in [1.82, 2.24) is 5.32 Å². The number of nitrogens with one attached hydrogen (secondary N) is 1. The molecule has 0 aromatic heterocycles. The molecule has 1 aliphatic rings. The number of hydrogen-bond acceptors (Lipinski definition) is 3. The summed E-state index contributed by atoms with van der Waals surface area (Å²) in [5.74, 6) is 0. The molecule has 1 aromatic rings. The predicted molar refractivity (Wildman–Crippen MR) is 62.2 cm³/mol. The van der Waals surface area contributed by atoms with Crippen LogP contribution in [-0.2, 0) is 0 Å². The highest BCUT2D eigenvalue weighted by Crippen LogP contribution is 2.26. The molecule has 0 aliphatic carbocycles. The Hall–Kier alpha value is -1.06. The normalized spacial score (nSPS) is 18.9. The number of hydrogen-bond donors (Lipinski definition) is 2. The number of piperazine rings is 1. The standard InChI is InChI=1S/C12H18N2O/c1-10(15)11-4-2-3-5-12(11)14-8-6-13-7-9-14/h2-5,10,13,15H,6-9H2,1H3. The van der Waals surface area contributed by atoms with E-state index in [0.717, 1.165) is 31.7 Å². The molecule has 1 atom stereocenters. The van der Waals surface area contributed by atoms with Crippen LogP contribution in [0.4, 0.5) is 5.69 Å². The van der Waals surface area contributed by atoms with E-state index in [1.54, 1.807) is 0 Å². The highest BCUT2D eigenvalue weighted by molar-refractivity contribution is 5.54. The van der Waals surface area contributed by atoms with E-state index in [4.69, 9.17) is 0 Å². The molecule has 0 radical (unpaired) electrons. The fraction of sp³-hybridized carbons (Fsp3) is 0.500. The maximum Gasteiger partial charge on any atom is 0.0781 e. The maximum absolute atomic E-state index is 9.69. The molecular formula is C12H18N2O. The Labute approximate surface area is 90.7 Å². The SMILES string of the molecule is CC(O)c1ccccc1N1CCNCC1. The molecule has 1 aliphatic heterocycles. The highest BCUT2D eigenvalue weighted by atomic mass is 16.3. The van der Waals surface area contributed by atoms with Crippen molar-refractivity contribution in [3.05, 3.63) is 29.8 Å². The second-order valence-corrected chi connectivity index (χ2v) is 3.97. The predicted octanol–water partition coefficient (Wildman–Crippen LogP) is 1.15. The lowest BCUT2D eigenvalue weighted by molar-refractivity contribution is 0.199. The summed E-state index contributed by atoms with van der Waals surface area (Å²) in [7, 11) is 0. The fourth-order valence-corrected chi connectivity index (χ4v) is 2.03. The average molecular weight is 206 g/mol. The van der Waals surface area contributed by atoms with Gasteiger partial charge in [-0.15, -0.1) is 0 Å². The lowest BCUT2D eigenvalue weighted by Gasteiger charge is -2.31. The number of para-hydroxylation sites is 1. The molecule has 0 bridgehead atoms. The summed E-state index contributed by atoms with van der Waals surface area (Å²) in [5, 5.41) is 13.0. The number of nitrogens with zero attached hydrogens (tertiary/aromatic N) is 1. The van der Waals surface area contributed by atoms with Crippen LogP contribution in [0.3, 0.4) is 0 Å². The Bertz CT molecular complexity index is 319. The van der Waals surface area contributed by atoms with Gasteiger partial charge in [0.1, 0.15) is 0 Å². The zero-order valence-electron chi connectivity index (χ0n) is 9.11. The van der Waals surface area contributed by atoms with E-state index in [1.807, 2.05) is 25.1 Å². The Morgan fingerprint density at radius 3 is 2.60 bits per heavy atom. The molecule has 2 N–H and O–H groups in total. The molecule has 1 heterocycles. The highest BCUT2D eigenvalue weighted by Gasteiger charge is 2.15. The van der Waals surface area contributed by atoms with Crippen LogP contribution in [0, 0.1) is 0 Å². The van der Waals surface area contributed by atoms with Gasteiger partial charge >= 0.3 is 0 Å². The second kappa shape index (κ2) is 4.64. The van der Waals surface area contributed by atoms with Gasteiger partial charge in [-0.3, -0.25) is 0 Å². The molecule has 2 rings (SSSR count). The van der Waals surface area contributed by atoms with Crippen LogP contribution in [0.5, 0.6) is 0 Å². The monoisotopic (exact) mass is 206 g/mol. The van der Waals surface area contributed by atoms with Gasteiger partial charge in [-0.25, -0.2) is 0 Å². The summed E-state index contributed by atoms with van der Waals surface area (Å²) >= 11 is 0. The van der Waals surface area contributed by atoms with E-state index in [2.05, 4.69) is 16.3 Å². The largest absolute Gasteiger partial charge is 0.389 e. The van der Waals surface area contributed by atoms with Crippen LogP contribution in [0.1, 0.15) is 18.6 Å². The van der Waals surface area contributed by atoms with Gasteiger partial charge in [0, 0.05) is 37.4 Å². The van der Waals surface area contributed by atoms with Crippen molar-refractivity contribution in [3.63, 3.8) is 0 Å². The quantitative estimate of drug-likeness (QED) is 0.762. The van der Waals surface area contributed by atoms with Crippen molar-refractivity contribution in [1.29, 1.82) is 0 Å². The van der Waals surface area contributed by atoms with Gasteiger partial charge < -0.3 is 15.3 Å². The minimum absolute atomic E-state index is 0.393. The molecule has 15 heavy (non-hydrogen) atoms. The maximum atomic E-state index is 9.69. The third-order valence-corrected chi connectivity index (χ3v) is 2.84. The van der Waals surface area contributed by atoms with Gasteiger partial charge in [0.05, 0.1) is 6.10 Å². The molecular weight excluding hydrogens is 188 g/mol. The molecule has 0 saturated carbocycles. The first-order chi connectivity index (χ1) is 7.29. The van der Waals surface area contributed by atoms with Crippen molar-refractivity contribution >= 4 is 5.69 Å². The second-order valence-electron chi connectivity index (χ2n) is 3.97. The summed E-state index contributed by atoms with van der Waals surface area (Å²) in [4.78, 5) is 2.33. The van der Waals surface area contributed by atoms with Crippen LogP contribution >= 0.6 is 0 Å². The number of aliphatic hydroxyl groups excluding tert-OH is 1.